The Labute approximate surface area is 123 Å². The Morgan fingerprint density at radius 3 is 2.25 bits per heavy atom. The first-order valence-electron chi connectivity index (χ1n) is 7.58. The molecule has 0 saturated carbocycles. The van der Waals surface area contributed by atoms with Crippen LogP contribution in [0, 0.1) is 20.8 Å². The molecule has 20 heavy (non-hydrogen) atoms. The van der Waals surface area contributed by atoms with Gasteiger partial charge in [-0.2, -0.15) is 0 Å². The average Bonchev–Trinajstić information content (AvgIpc) is 2.38. The summed E-state index contributed by atoms with van der Waals surface area (Å²) in [6.45, 7) is 12.8. The molecule has 3 heteroatoms. The minimum Gasteiger partial charge on any atom is -0.324 e. The number of amides is 1. The van der Waals surface area contributed by atoms with Crippen molar-refractivity contribution < 1.29 is 4.79 Å². The number of carbonyl (C=O) groups excluding carboxylic acids is 1. The minimum absolute atomic E-state index is 0.0815. The number of unbranched alkanes of at least 4 members (excludes halogenated alkanes) is 1. The molecule has 1 N–H and O–H groups in total. The summed E-state index contributed by atoms with van der Waals surface area (Å²) in [5, 5.41) is 3.07. The van der Waals surface area contributed by atoms with Crippen molar-refractivity contribution in [2.75, 3.05) is 25.0 Å². The molecule has 112 valence electrons. The molecule has 3 nitrogen and oxygen atoms in total. The fourth-order valence-electron chi connectivity index (χ4n) is 2.49. The van der Waals surface area contributed by atoms with Crippen LogP contribution in [-0.4, -0.2) is 30.4 Å². The molecule has 0 unspecified atom stereocenters. The lowest BCUT2D eigenvalue weighted by Crippen LogP contribution is -2.34. The van der Waals surface area contributed by atoms with Crippen LogP contribution in [0.5, 0.6) is 0 Å². The quantitative estimate of drug-likeness (QED) is 0.824. The molecule has 0 atom stereocenters. The van der Waals surface area contributed by atoms with E-state index < -0.39 is 0 Å². The summed E-state index contributed by atoms with van der Waals surface area (Å²) in [5.41, 5.74) is 4.46. The maximum absolute atomic E-state index is 12.2. The van der Waals surface area contributed by atoms with Crippen LogP contribution in [0.3, 0.4) is 0 Å². The molecule has 0 radical (unpaired) electrons. The minimum atomic E-state index is 0.0815. The lowest BCUT2D eigenvalue weighted by Gasteiger charge is -2.20. The Bertz CT molecular complexity index is 431. The van der Waals surface area contributed by atoms with E-state index in [1.54, 1.807) is 0 Å². The van der Waals surface area contributed by atoms with E-state index in [9.17, 15) is 4.79 Å². The van der Waals surface area contributed by atoms with Crippen molar-refractivity contribution in [3.63, 3.8) is 0 Å². The maximum Gasteiger partial charge on any atom is 0.238 e. The summed E-state index contributed by atoms with van der Waals surface area (Å²) >= 11 is 0. The van der Waals surface area contributed by atoms with E-state index in [0.717, 1.165) is 42.7 Å². The number of hydrogen-bond donors (Lipinski definition) is 1. The standard InChI is InChI=1S/C17H28N2O/c1-6-8-9-19(7-2)12-16(20)18-17-14(4)10-13(3)11-15(17)5/h10-11H,6-9,12H2,1-5H3,(H,18,20). The Morgan fingerprint density at radius 1 is 1.15 bits per heavy atom. The molecule has 0 aromatic heterocycles. The van der Waals surface area contributed by atoms with E-state index >= 15 is 0 Å². The number of nitrogens with zero attached hydrogens (tertiary/aromatic N) is 1. The van der Waals surface area contributed by atoms with E-state index in [1.807, 2.05) is 13.8 Å². The van der Waals surface area contributed by atoms with Crippen LogP contribution >= 0.6 is 0 Å². The normalized spacial score (nSPS) is 10.9. The molecule has 0 aliphatic rings. The van der Waals surface area contributed by atoms with Crippen LogP contribution in [0.25, 0.3) is 0 Å². The lowest BCUT2D eigenvalue weighted by molar-refractivity contribution is -0.117. The van der Waals surface area contributed by atoms with Gasteiger partial charge in [-0.1, -0.05) is 38.0 Å². The molecule has 0 saturated heterocycles. The fraction of sp³-hybridized carbons (Fsp3) is 0.588. The van der Waals surface area contributed by atoms with Gasteiger partial charge in [0.05, 0.1) is 6.54 Å². The Balaban J connectivity index is 2.66. The molecular formula is C17H28N2O. The molecule has 0 aliphatic heterocycles. The zero-order chi connectivity index (χ0) is 15.1. The van der Waals surface area contributed by atoms with Crippen molar-refractivity contribution >= 4 is 11.6 Å². The average molecular weight is 276 g/mol. The Hall–Kier alpha value is -1.35. The monoisotopic (exact) mass is 276 g/mol. The largest absolute Gasteiger partial charge is 0.324 e. The highest BCUT2D eigenvalue weighted by Crippen LogP contribution is 2.21. The number of hydrogen-bond acceptors (Lipinski definition) is 2. The van der Waals surface area contributed by atoms with Crippen molar-refractivity contribution in [3.8, 4) is 0 Å². The molecule has 1 aromatic carbocycles. The SMILES string of the molecule is CCCCN(CC)CC(=O)Nc1c(C)cc(C)cc1C. The summed E-state index contributed by atoms with van der Waals surface area (Å²) in [6.07, 6.45) is 2.30. The second kappa shape index (κ2) is 8.05. The topological polar surface area (TPSA) is 32.3 Å². The number of aryl methyl sites for hydroxylation is 3. The van der Waals surface area contributed by atoms with E-state index in [1.165, 1.54) is 5.56 Å². The van der Waals surface area contributed by atoms with Crippen molar-refractivity contribution in [3.05, 3.63) is 28.8 Å². The van der Waals surface area contributed by atoms with Gasteiger partial charge in [0.1, 0.15) is 0 Å². The zero-order valence-corrected chi connectivity index (χ0v) is 13.5. The third-order valence-electron chi connectivity index (χ3n) is 3.58. The molecule has 0 bridgehead atoms. The van der Waals surface area contributed by atoms with Gasteiger partial charge in [-0.3, -0.25) is 9.69 Å². The van der Waals surface area contributed by atoms with Crippen molar-refractivity contribution in [1.29, 1.82) is 0 Å². The summed E-state index contributed by atoms with van der Waals surface area (Å²) in [6, 6.07) is 4.22. The van der Waals surface area contributed by atoms with Gasteiger partial charge in [-0.15, -0.1) is 0 Å². The zero-order valence-electron chi connectivity index (χ0n) is 13.5. The first kappa shape index (κ1) is 16.7. The van der Waals surface area contributed by atoms with Crippen LogP contribution < -0.4 is 5.32 Å². The molecule has 0 fully saturated rings. The first-order valence-corrected chi connectivity index (χ1v) is 7.58. The number of carbonyl (C=O) groups is 1. The number of nitrogens with one attached hydrogen (secondary N) is 1. The summed E-state index contributed by atoms with van der Waals surface area (Å²) in [4.78, 5) is 14.4. The number of benzene rings is 1. The van der Waals surface area contributed by atoms with Crippen LogP contribution in [0.1, 0.15) is 43.4 Å². The van der Waals surface area contributed by atoms with Gasteiger partial charge < -0.3 is 5.32 Å². The first-order chi connectivity index (χ1) is 9.47. The van der Waals surface area contributed by atoms with E-state index in [-0.39, 0.29) is 5.91 Å². The van der Waals surface area contributed by atoms with Crippen LogP contribution in [0.15, 0.2) is 12.1 Å². The van der Waals surface area contributed by atoms with Gasteiger partial charge in [0, 0.05) is 5.69 Å². The van der Waals surface area contributed by atoms with Gasteiger partial charge >= 0.3 is 0 Å². The van der Waals surface area contributed by atoms with Gasteiger partial charge in [0.25, 0.3) is 0 Å². The molecule has 0 heterocycles. The Kier molecular flexibility index (Phi) is 6.73. The van der Waals surface area contributed by atoms with Crippen molar-refractivity contribution in [2.45, 2.75) is 47.5 Å². The summed E-state index contributed by atoms with van der Waals surface area (Å²) in [7, 11) is 0. The van der Waals surface area contributed by atoms with E-state index in [4.69, 9.17) is 0 Å². The van der Waals surface area contributed by atoms with E-state index in [0.29, 0.717) is 6.54 Å². The molecule has 1 rings (SSSR count). The van der Waals surface area contributed by atoms with Crippen LogP contribution in [-0.2, 0) is 4.79 Å². The second-order valence-corrected chi connectivity index (χ2v) is 5.54. The van der Waals surface area contributed by atoms with Crippen LogP contribution in [0.4, 0.5) is 5.69 Å². The van der Waals surface area contributed by atoms with Gasteiger partial charge in [0.2, 0.25) is 5.91 Å². The third kappa shape index (κ3) is 4.97. The Morgan fingerprint density at radius 2 is 1.75 bits per heavy atom. The van der Waals surface area contributed by atoms with E-state index in [2.05, 4.69) is 43.1 Å². The van der Waals surface area contributed by atoms with Crippen molar-refractivity contribution in [2.24, 2.45) is 0 Å². The molecule has 1 amide bonds. The summed E-state index contributed by atoms with van der Waals surface area (Å²) < 4.78 is 0. The summed E-state index contributed by atoms with van der Waals surface area (Å²) in [5.74, 6) is 0.0815. The van der Waals surface area contributed by atoms with Gasteiger partial charge in [-0.05, 0) is 51.4 Å². The second-order valence-electron chi connectivity index (χ2n) is 5.54. The third-order valence-corrected chi connectivity index (χ3v) is 3.58. The van der Waals surface area contributed by atoms with Crippen LogP contribution in [0.2, 0.25) is 0 Å². The highest BCUT2D eigenvalue weighted by atomic mass is 16.2. The highest BCUT2D eigenvalue weighted by Gasteiger charge is 2.11. The maximum atomic E-state index is 12.2. The molecule has 1 aromatic rings. The number of likely N-dealkylation sites (N-methyl/N-ethyl adjacent to an activating group) is 1. The number of rotatable bonds is 7. The smallest absolute Gasteiger partial charge is 0.238 e. The predicted molar refractivity (Wildman–Crippen MR) is 86.3 cm³/mol. The predicted octanol–water partition coefficient (Wildman–Crippen LogP) is 3.67. The fourth-order valence-corrected chi connectivity index (χ4v) is 2.49. The van der Waals surface area contributed by atoms with Gasteiger partial charge in [-0.25, -0.2) is 0 Å². The highest BCUT2D eigenvalue weighted by molar-refractivity contribution is 5.93. The molecule has 0 spiro atoms. The number of anilines is 1. The lowest BCUT2D eigenvalue weighted by atomic mass is 10.1. The van der Waals surface area contributed by atoms with Gasteiger partial charge in [0.15, 0.2) is 0 Å². The molecular weight excluding hydrogens is 248 g/mol. The van der Waals surface area contributed by atoms with Crippen molar-refractivity contribution in [1.82, 2.24) is 4.90 Å². The molecule has 0 aliphatic carbocycles.